The summed E-state index contributed by atoms with van der Waals surface area (Å²) in [6.07, 6.45) is 8.07. The van der Waals surface area contributed by atoms with Crippen molar-refractivity contribution in [1.29, 1.82) is 0 Å². The van der Waals surface area contributed by atoms with Crippen LogP contribution in [0.1, 0.15) is 52.9 Å². The van der Waals surface area contributed by atoms with Crippen molar-refractivity contribution in [1.82, 2.24) is 5.32 Å². The lowest BCUT2D eigenvalue weighted by Crippen LogP contribution is -2.26. The fourth-order valence-corrected chi connectivity index (χ4v) is 4.27. The van der Waals surface area contributed by atoms with Gasteiger partial charge in [0.25, 0.3) is 5.91 Å². The molecule has 1 atom stereocenters. The van der Waals surface area contributed by atoms with Crippen molar-refractivity contribution >= 4 is 17.2 Å². The number of hydrogen-bond acceptors (Lipinski definition) is 4. The molecule has 1 saturated heterocycles. The van der Waals surface area contributed by atoms with Crippen LogP contribution in [0.2, 0.25) is 0 Å². The quantitative estimate of drug-likeness (QED) is 0.785. The molecule has 0 aromatic carbocycles. The Morgan fingerprint density at radius 3 is 3.14 bits per heavy atom. The Morgan fingerprint density at radius 2 is 2.27 bits per heavy atom. The van der Waals surface area contributed by atoms with Crippen LogP contribution >= 0.6 is 11.3 Å². The minimum Gasteiger partial charge on any atom is -0.379 e. The summed E-state index contributed by atoms with van der Waals surface area (Å²) in [5, 5.41) is 5.05. The highest BCUT2D eigenvalue weighted by Crippen LogP contribution is 2.30. The topological polar surface area (TPSA) is 47.6 Å². The van der Waals surface area contributed by atoms with E-state index in [2.05, 4.69) is 5.32 Å². The zero-order valence-electron chi connectivity index (χ0n) is 13.1. The standard InChI is InChI=1S/C17H25NO3S/c19-17(15-12-22-16-7-2-1-6-14(15)16)18-8-4-9-20-11-13-5-3-10-21-13/h12-13H,1-11H2,(H,18,19)/t13-/m0/s1. The first-order valence-corrected chi connectivity index (χ1v) is 9.29. The van der Waals surface area contributed by atoms with Crippen molar-refractivity contribution in [3.05, 3.63) is 21.4 Å². The number of thiophene rings is 1. The first-order chi connectivity index (χ1) is 10.8. The summed E-state index contributed by atoms with van der Waals surface area (Å²) in [6.45, 7) is 2.91. The number of aryl methyl sites for hydroxylation is 1. The summed E-state index contributed by atoms with van der Waals surface area (Å²) < 4.78 is 11.1. The van der Waals surface area contributed by atoms with Gasteiger partial charge in [0.1, 0.15) is 0 Å². The molecular formula is C17H25NO3S. The molecule has 0 spiro atoms. The maximum absolute atomic E-state index is 12.3. The van der Waals surface area contributed by atoms with E-state index in [1.807, 2.05) is 5.38 Å². The Hall–Kier alpha value is -0.910. The Labute approximate surface area is 136 Å². The number of fused-ring (bicyclic) bond motifs is 1. The summed E-state index contributed by atoms with van der Waals surface area (Å²) in [5.74, 6) is 0.0820. The molecule has 22 heavy (non-hydrogen) atoms. The van der Waals surface area contributed by atoms with Gasteiger partial charge in [0, 0.05) is 30.0 Å². The largest absolute Gasteiger partial charge is 0.379 e. The fourth-order valence-electron chi connectivity index (χ4n) is 3.15. The van der Waals surface area contributed by atoms with Gasteiger partial charge in [0.2, 0.25) is 0 Å². The first kappa shape index (κ1) is 16.0. The minimum atomic E-state index is 0.0820. The Kier molecular flexibility index (Phi) is 5.87. The van der Waals surface area contributed by atoms with Crippen molar-refractivity contribution in [3.8, 4) is 0 Å². The Balaban J connectivity index is 1.33. The SMILES string of the molecule is O=C(NCCCOC[C@@H]1CCCO1)c1csc2c1CCCC2. The predicted octanol–water partition coefficient (Wildman–Crippen LogP) is 2.94. The third-order valence-corrected chi connectivity index (χ3v) is 5.47. The van der Waals surface area contributed by atoms with Crippen LogP contribution in [0.25, 0.3) is 0 Å². The van der Waals surface area contributed by atoms with Crippen LogP contribution in [0.4, 0.5) is 0 Å². The lowest BCUT2D eigenvalue weighted by Gasteiger charge is -2.13. The van der Waals surface area contributed by atoms with Gasteiger partial charge in [-0.25, -0.2) is 0 Å². The van der Waals surface area contributed by atoms with E-state index in [1.165, 1.54) is 23.3 Å². The van der Waals surface area contributed by atoms with Crippen LogP contribution in [0.15, 0.2) is 5.38 Å². The lowest BCUT2D eigenvalue weighted by molar-refractivity contribution is 0.0166. The van der Waals surface area contributed by atoms with E-state index in [1.54, 1.807) is 11.3 Å². The van der Waals surface area contributed by atoms with Gasteiger partial charge in [0.05, 0.1) is 18.3 Å². The molecule has 1 aromatic rings. The number of rotatable bonds is 7. The monoisotopic (exact) mass is 323 g/mol. The van der Waals surface area contributed by atoms with Crippen LogP contribution in [0.3, 0.4) is 0 Å². The Bertz CT molecular complexity index is 494. The first-order valence-electron chi connectivity index (χ1n) is 8.41. The Morgan fingerprint density at radius 1 is 1.36 bits per heavy atom. The molecule has 0 saturated carbocycles. The van der Waals surface area contributed by atoms with Gasteiger partial charge >= 0.3 is 0 Å². The fraction of sp³-hybridized carbons (Fsp3) is 0.706. The number of amides is 1. The zero-order valence-corrected chi connectivity index (χ0v) is 13.9. The van der Waals surface area contributed by atoms with Gasteiger partial charge in [-0.2, -0.15) is 0 Å². The highest BCUT2D eigenvalue weighted by Gasteiger charge is 2.19. The molecule has 1 amide bonds. The van der Waals surface area contributed by atoms with Gasteiger partial charge in [-0.15, -0.1) is 11.3 Å². The van der Waals surface area contributed by atoms with E-state index < -0.39 is 0 Å². The average molecular weight is 323 g/mol. The normalized spacial score (nSPS) is 20.8. The average Bonchev–Trinajstić information content (AvgIpc) is 3.19. The third kappa shape index (κ3) is 4.09. The highest BCUT2D eigenvalue weighted by molar-refractivity contribution is 7.10. The molecule has 0 unspecified atom stereocenters. The van der Waals surface area contributed by atoms with Gasteiger partial charge in [-0.05, 0) is 50.5 Å². The molecule has 3 rings (SSSR count). The van der Waals surface area contributed by atoms with E-state index in [4.69, 9.17) is 9.47 Å². The molecule has 1 fully saturated rings. The lowest BCUT2D eigenvalue weighted by atomic mass is 9.96. The zero-order chi connectivity index (χ0) is 15.2. The van der Waals surface area contributed by atoms with Crippen molar-refractivity contribution in [3.63, 3.8) is 0 Å². The van der Waals surface area contributed by atoms with Gasteiger partial charge in [-0.3, -0.25) is 4.79 Å². The van der Waals surface area contributed by atoms with E-state index in [0.717, 1.165) is 44.3 Å². The summed E-state index contributed by atoms with van der Waals surface area (Å²) in [5.41, 5.74) is 2.20. The summed E-state index contributed by atoms with van der Waals surface area (Å²) in [6, 6.07) is 0. The molecule has 2 heterocycles. The number of hydrogen-bond donors (Lipinski definition) is 1. The van der Waals surface area contributed by atoms with Crippen molar-refractivity contribution in [2.24, 2.45) is 0 Å². The molecule has 0 radical (unpaired) electrons. The summed E-state index contributed by atoms with van der Waals surface area (Å²) >= 11 is 1.74. The highest BCUT2D eigenvalue weighted by atomic mass is 32.1. The molecule has 5 heteroatoms. The molecule has 1 N–H and O–H groups in total. The van der Waals surface area contributed by atoms with E-state index in [0.29, 0.717) is 19.8 Å². The van der Waals surface area contributed by atoms with Crippen LogP contribution in [0, 0.1) is 0 Å². The molecule has 1 aromatic heterocycles. The number of carbonyl (C=O) groups excluding carboxylic acids is 1. The maximum atomic E-state index is 12.3. The number of carbonyl (C=O) groups is 1. The second-order valence-corrected chi connectivity index (χ2v) is 7.04. The van der Waals surface area contributed by atoms with Crippen LogP contribution in [0.5, 0.6) is 0 Å². The van der Waals surface area contributed by atoms with E-state index in [9.17, 15) is 4.79 Å². The molecule has 2 aliphatic rings. The number of nitrogens with one attached hydrogen (secondary N) is 1. The van der Waals surface area contributed by atoms with Gasteiger partial charge < -0.3 is 14.8 Å². The molecule has 0 bridgehead atoms. The predicted molar refractivity (Wildman–Crippen MR) is 87.7 cm³/mol. The van der Waals surface area contributed by atoms with Crippen LogP contribution in [-0.4, -0.2) is 38.4 Å². The van der Waals surface area contributed by atoms with Crippen molar-refractivity contribution in [2.45, 2.75) is 51.0 Å². The van der Waals surface area contributed by atoms with Crippen molar-refractivity contribution < 1.29 is 14.3 Å². The minimum absolute atomic E-state index is 0.0820. The smallest absolute Gasteiger partial charge is 0.252 e. The summed E-state index contributed by atoms with van der Waals surface area (Å²) in [4.78, 5) is 13.7. The van der Waals surface area contributed by atoms with E-state index in [-0.39, 0.29) is 12.0 Å². The second kappa shape index (κ2) is 8.09. The molecular weight excluding hydrogens is 298 g/mol. The van der Waals surface area contributed by atoms with Gasteiger partial charge in [0.15, 0.2) is 0 Å². The van der Waals surface area contributed by atoms with Gasteiger partial charge in [-0.1, -0.05) is 0 Å². The molecule has 1 aliphatic carbocycles. The number of ether oxygens (including phenoxy) is 2. The summed E-state index contributed by atoms with van der Waals surface area (Å²) in [7, 11) is 0. The van der Waals surface area contributed by atoms with E-state index >= 15 is 0 Å². The molecule has 122 valence electrons. The maximum Gasteiger partial charge on any atom is 0.252 e. The van der Waals surface area contributed by atoms with Crippen LogP contribution in [-0.2, 0) is 22.3 Å². The van der Waals surface area contributed by atoms with Crippen molar-refractivity contribution in [2.75, 3.05) is 26.4 Å². The molecule has 1 aliphatic heterocycles. The van der Waals surface area contributed by atoms with Crippen LogP contribution < -0.4 is 5.32 Å². The second-order valence-electron chi connectivity index (χ2n) is 6.08. The third-order valence-electron chi connectivity index (χ3n) is 4.38. The molecule has 4 nitrogen and oxygen atoms in total.